The molecule has 0 saturated carbocycles. The van der Waals surface area contributed by atoms with Gasteiger partial charge in [0.1, 0.15) is 17.1 Å². The molecule has 9 heteroatoms. The molecule has 0 atom stereocenters. The molecule has 1 aromatic rings. The van der Waals surface area contributed by atoms with E-state index in [9.17, 15) is 26.7 Å². The second kappa shape index (κ2) is 5.59. The van der Waals surface area contributed by atoms with Gasteiger partial charge in [-0.3, -0.25) is 4.79 Å². The van der Waals surface area contributed by atoms with Crippen LogP contribution in [0.15, 0.2) is 6.07 Å². The van der Waals surface area contributed by atoms with E-state index in [4.69, 9.17) is 0 Å². The molecule has 0 aliphatic heterocycles. The van der Waals surface area contributed by atoms with Gasteiger partial charge in [0.25, 0.3) is 6.43 Å². The molecule has 1 heterocycles. The summed E-state index contributed by atoms with van der Waals surface area (Å²) in [6.45, 7) is 0. The zero-order chi connectivity index (χ0) is 13.9. The average Bonchev–Trinajstić information content (AvgIpc) is 2.25. The molecule has 0 N–H and O–H groups in total. The van der Waals surface area contributed by atoms with Gasteiger partial charge in [0, 0.05) is 17.0 Å². The number of carbonyl (C=O) groups excluding carboxylic acids is 1. The number of carbonyl (C=O) groups is 1. The lowest BCUT2D eigenvalue weighted by atomic mass is 10.2. The number of aldehydes is 1. The van der Waals surface area contributed by atoms with E-state index in [1.54, 1.807) is 0 Å². The quantitative estimate of drug-likeness (QED) is 0.480. The summed E-state index contributed by atoms with van der Waals surface area (Å²) >= 11 is 2.77. The fourth-order valence-corrected chi connectivity index (χ4v) is 1.74. The van der Waals surface area contributed by atoms with Crippen LogP contribution in [0.25, 0.3) is 0 Å². The number of rotatable bonds is 4. The molecule has 0 amide bonds. The first-order chi connectivity index (χ1) is 8.28. The van der Waals surface area contributed by atoms with Crippen molar-refractivity contribution < 1.29 is 31.5 Å². The normalized spacial score (nSPS) is 11.7. The van der Waals surface area contributed by atoms with Crippen LogP contribution in [0.3, 0.4) is 0 Å². The summed E-state index contributed by atoms with van der Waals surface area (Å²) in [5.41, 5.74) is -1.93. The third kappa shape index (κ3) is 3.62. The van der Waals surface area contributed by atoms with Gasteiger partial charge in [-0.2, -0.15) is 0 Å². The maximum Gasteiger partial charge on any atom is 0.573 e. The summed E-state index contributed by atoms with van der Waals surface area (Å²) in [6, 6.07) is 0.656. The minimum atomic E-state index is -5.04. The van der Waals surface area contributed by atoms with E-state index in [0.717, 1.165) is 0 Å². The molecule has 100 valence electrons. The van der Waals surface area contributed by atoms with Crippen LogP contribution in [0.2, 0.25) is 0 Å². The monoisotopic (exact) mass is 333 g/mol. The van der Waals surface area contributed by atoms with Gasteiger partial charge in [-0.05, 0) is 0 Å². The molecule has 0 aromatic carbocycles. The Hall–Kier alpha value is -1.25. The van der Waals surface area contributed by atoms with E-state index in [2.05, 4.69) is 25.7 Å². The summed E-state index contributed by atoms with van der Waals surface area (Å²) in [5.74, 6) is -0.869. The molecule has 18 heavy (non-hydrogen) atoms. The Morgan fingerprint density at radius 1 is 1.44 bits per heavy atom. The van der Waals surface area contributed by atoms with Crippen molar-refractivity contribution in [3.8, 4) is 5.75 Å². The van der Waals surface area contributed by atoms with Gasteiger partial charge in [-0.1, -0.05) is 15.9 Å². The highest BCUT2D eigenvalue weighted by atomic mass is 79.9. The lowest BCUT2D eigenvalue weighted by Gasteiger charge is -2.15. The number of ether oxygens (including phenoxy) is 1. The molecule has 0 radical (unpaired) electrons. The lowest BCUT2D eigenvalue weighted by molar-refractivity contribution is -0.274. The second-order valence-electron chi connectivity index (χ2n) is 3.01. The van der Waals surface area contributed by atoms with Crippen LogP contribution in [0, 0.1) is 0 Å². The first kappa shape index (κ1) is 14.8. The zero-order valence-corrected chi connectivity index (χ0v) is 10.1. The third-order valence-electron chi connectivity index (χ3n) is 1.82. The van der Waals surface area contributed by atoms with Crippen molar-refractivity contribution in [3.05, 3.63) is 23.0 Å². The van der Waals surface area contributed by atoms with Gasteiger partial charge in [-0.25, -0.2) is 13.8 Å². The third-order valence-corrected chi connectivity index (χ3v) is 2.38. The number of hydrogen-bond acceptors (Lipinski definition) is 3. The molecule has 0 unspecified atom stereocenters. The van der Waals surface area contributed by atoms with Crippen molar-refractivity contribution in [2.45, 2.75) is 18.1 Å². The van der Waals surface area contributed by atoms with E-state index in [0.29, 0.717) is 6.07 Å². The number of aromatic nitrogens is 1. The molecule has 3 nitrogen and oxygen atoms in total. The molecule has 0 bridgehead atoms. The average molecular weight is 334 g/mol. The number of nitrogens with zero attached hydrogens (tertiary/aromatic N) is 1. The minimum absolute atomic E-state index is 0.0626. The lowest BCUT2D eigenvalue weighted by Crippen LogP contribution is -2.19. The first-order valence-corrected chi connectivity index (χ1v) is 5.49. The van der Waals surface area contributed by atoms with Gasteiger partial charge in [0.05, 0.1) is 0 Å². The Morgan fingerprint density at radius 2 is 2.06 bits per heavy atom. The van der Waals surface area contributed by atoms with Crippen molar-refractivity contribution in [3.63, 3.8) is 0 Å². The molecule has 0 saturated heterocycles. The summed E-state index contributed by atoms with van der Waals surface area (Å²) in [7, 11) is 0. The predicted octanol–water partition coefficient (Wildman–Crippen LogP) is 3.63. The number of hydrogen-bond donors (Lipinski definition) is 0. The van der Waals surface area contributed by atoms with E-state index in [1.165, 1.54) is 0 Å². The van der Waals surface area contributed by atoms with Gasteiger partial charge >= 0.3 is 6.36 Å². The fourth-order valence-electron chi connectivity index (χ4n) is 1.18. The van der Waals surface area contributed by atoms with Gasteiger partial charge < -0.3 is 4.74 Å². The highest BCUT2D eigenvalue weighted by molar-refractivity contribution is 9.08. The predicted molar refractivity (Wildman–Crippen MR) is 53.9 cm³/mol. The van der Waals surface area contributed by atoms with Crippen LogP contribution < -0.4 is 4.74 Å². The van der Waals surface area contributed by atoms with Crippen molar-refractivity contribution in [2.24, 2.45) is 0 Å². The summed E-state index contributed by atoms with van der Waals surface area (Å²) in [4.78, 5) is 13.7. The molecule has 1 rings (SSSR count). The summed E-state index contributed by atoms with van der Waals surface area (Å²) < 4.78 is 65.1. The topological polar surface area (TPSA) is 39.2 Å². The number of alkyl halides is 6. The van der Waals surface area contributed by atoms with E-state index in [-0.39, 0.29) is 11.6 Å². The minimum Gasteiger partial charge on any atom is -0.405 e. The van der Waals surface area contributed by atoms with Crippen LogP contribution in [0.4, 0.5) is 22.0 Å². The maximum absolute atomic E-state index is 12.6. The van der Waals surface area contributed by atoms with Crippen LogP contribution in [0.1, 0.15) is 28.2 Å². The van der Waals surface area contributed by atoms with Crippen LogP contribution in [-0.4, -0.2) is 17.6 Å². The standard InChI is InChI=1S/C9H5BrF5NO2/c10-2-5-6(18-9(13,14)15)1-4(3-17)16-7(5)8(11)12/h1,3,8H,2H2. The Labute approximate surface area is 106 Å². The molecular weight excluding hydrogens is 329 g/mol. The Bertz CT molecular complexity index is 449. The van der Waals surface area contributed by atoms with Crippen molar-refractivity contribution in [1.82, 2.24) is 4.98 Å². The smallest absolute Gasteiger partial charge is 0.405 e. The summed E-state index contributed by atoms with van der Waals surface area (Å²) in [5, 5.41) is -0.315. The van der Waals surface area contributed by atoms with E-state index in [1.807, 2.05) is 0 Å². The Kier molecular flexibility index (Phi) is 4.60. The Balaban J connectivity index is 3.37. The maximum atomic E-state index is 12.6. The second-order valence-corrected chi connectivity index (χ2v) is 3.57. The SMILES string of the molecule is O=Cc1cc(OC(F)(F)F)c(CBr)c(C(F)F)n1. The largest absolute Gasteiger partial charge is 0.573 e. The molecule has 1 aromatic heterocycles. The van der Waals surface area contributed by atoms with E-state index >= 15 is 0 Å². The van der Waals surface area contributed by atoms with Crippen LogP contribution in [-0.2, 0) is 5.33 Å². The van der Waals surface area contributed by atoms with Crippen molar-refractivity contribution >= 4 is 22.2 Å². The fraction of sp³-hybridized carbons (Fsp3) is 0.333. The van der Waals surface area contributed by atoms with Gasteiger partial charge in [0.2, 0.25) is 0 Å². The number of pyridine rings is 1. The Morgan fingerprint density at radius 3 is 2.44 bits per heavy atom. The summed E-state index contributed by atoms with van der Waals surface area (Å²) in [6.07, 6.45) is -8.10. The molecule has 0 aliphatic carbocycles. The first-order valence-electron chi connectivity index (χ1n) is 4.37. The van der Waals surface area contributed by atoms with Crippen molar-refractivity contribution in [1.29, 1.82) is 0 Å². The van der Waals surface area contributed by atoms with Gasteiger partial charge in [0.15, 0.2) is 6.29 Å². The van der Waals surface area contributed by atoms with Crippen LogP contribution in [0.5, 0.6) is 5.75 Å². The zero-order valence-electron chi connectivity index (χ0n) is 8.47. The van der Waals surface area contributed by atoms with Crippen LogP contribution >= 0.6 is 15.9 Å². The highest BCUT2D eigenvalue weighted by Gasteiger charge is 2.33. The molecule has 0 spiro atoms. The highest BCUT2D eigenvalue weighted by Crippen LogP contribution is 2.33. The molecule has 0 aliphatic rings. The van der Waals surface area contributed by atoms with Crippen molar-refractivity contribution in [2.75, 3.05) is 0 Å². The van der Waals surface area contributed by atoms with Gasteiger partial charge in [-0.15, -0.1) is 13.2 Å². The number of halogens is 6. The molecular formula is C9H5BrF5NO2. The van der Waals surface area contributed by atoms with E-state index < -0.39 is 35.5 Å². The molecule has 0 fully saturated rings.